The van der Waals surface area contributed by atoms with E-state index >= 15 is 0 Å². The first-order valence-corrected chi connectivity index (χ1v) is 5.51. The molecular formula is C11H16F3N3O. The molecule has 1 atom stereocenters. The van der Waals surface area contributed by atoms with Gasteiger partial charge in [0.2, 0.25) is 0 Å². The van der Waals surface area contributed by atoms with Gasteiger partial charge in [0.15, 0.2) is 0 Å². The van der Waals surface area contributed by atoms with Gasteiger partial charge in [-0.15, -0.1) is 0 Å². The van der Waals surface area contributed by atoms with Gasteiger partial charge in [0, 0.05) is 25.0 Å². The van der Waals surface area contributed by atoms with Crippen LogP contribution in [0.5, 0.6) is 0 Å². The lowest BCUT2D eigenvalue weighted by Crippen LogP contribution is -2.37. The molecule has 102 valence electrons. The summed E-state index contributed by atoms with van der Waals surface area (Å²) in [6, 6.07) is 3.54. The zero-order chi connectivity index (χ0) is 13.4. The lowest BCUT2D eigenvalue weighted by Gasteiger charge is -2.16. The molecule has 0 aliphatic heterocycles. The predicted octanol–water partition coefficient (Wildman–Crippen LogP) is 1.42. The Morgan fingerprint density at radius 2 is 2.00 bits per heavy atom. The number of aromatic nitrogens is 1. The SMILES string of the molecule is NNC(CCOCC(F)(F)F)Cc1ccncc1. The summed E-state index contributed by atoms with van der Waals surface area (Å²) in [5, 5.41) is 0. The van der Waals surface area contributed by atoms with Crippen LogP contribution in [0.25, 0.3) is 0 Å². The van der Waals surface area contributed by atoms with Crippen LogP contribution in [-0.2, 0) is 11.2 Å². The minimum atomic E-state index is -4.28. The normalized spacial score (nSPS) is 13.6. The molecule has 0 aromatic carbocycles. The maximum absolute atomic E-state index is 11.8. The molecule has 3 N–H and O–H groups in total. The van der Waals surface area contributed by atoms with Crippen molar-refractivity contribution in [3.8, 4) is 0 Å². The topological polar surface area (TPSA) is 60.2 Å². The lowest BCUT2D eigenvalue weighted by atomic mass is 10.1. The second kappa shape index (κ2) is 7.30. The summed E-state index contributed by atoms with van der Waals surface area (Å²) in [4.78, 5) is 3.88. The molecule has 1 aromatic heterocycles. The van der Waals surface area contributed by atoms with Crippen molar-refractivity contribution in [2.24, 2.45) is 5.84 Å². The van der Waals surface area contributed by atoms with E-state index in [-0.39, 0.29) is 12.6 Å². The molecule has 1 rings (SSSR count). The molecule has 1 unspecified atom stereocenters. The van der Waals surface area contributed by atoms with Gasteiger partial charge < -0.3 is 4.74 Å². The highest BCUT2D eigenvalue weighted by molar-refractivity contribution is 5.11. The first-order valence-electron chi connectivity index (χ1n) is 5.51. The van der Waals surface area contributed by atoms with Crippen LogP contribution in [0.3, 0.4) is 0 Å². The molecule has 1 aromatic rings. The van der Waals surface area contributed by atoms with Crippen molar-refractivity contribution >= 4 is 0 Å². The van der Waals surface area contributed by atoms with E-state index in [2.05, 4.69) is 15.1 Å². The van der Waals surface area contributed by atoms with Crippen LogP contribution in [-0.4, -0.2) is 30.4 Å². The zero-order valence-corrected chi connectivity index (χ0v) is 9.78. The summed E-state index contributed by atoms with van der Waals surface area (Å²) < 4.78 is 40.0. The zero-order valence-electron chi connectivity index (χ0n) is 9.78. The van der Waals surface area contributed by atoms with E-state index in [0.29, 0.717) is 12.8 Å². The molecule has 0 bridgehead atoms. The largest absolute Gasteiger partial charge is 0.411 e. The molecule has 0 spiro atoms. The number of nitrogens with two attached hydrogens (primary N) is 1. The van der Waals surface area contributed by atoms with Crippen LogP contribution >= 0.6 is 0 Å². The van der Waals surface area contributed by atoms with Gasteiger partial charge in [-0.25, -0.2) is 0 Å². The Hall–Kier alpha value is -1.18. The first kappa shape index (κ1) is 14.9. The van der Waals surface area contributed by atoms with E-state index in [4.69, 9.17) is 5.84 Å². The highest BCUT2D eigenvalue weighted by Crippen LogP contribution is 2.14. The van der Waals surface area contributed by atoms with Gasteiger partial charge in [0.1, 0.15) is 6.61 Å². The van der Waals surface area contributed by atoms with Crippen LogP contribution in [0.1, 0.15) is 12.0 Å². The van der Waals surface area contributed by atoms with E-state index in [9.17, 15) is 13.2 Å². The Kier molecular flexibility index (Phi) is 6.03. The number of hydrogen-bond donors (Lipinski definition) is 2. The third-order valence-corrected chi connectivity index (χ3v) is 2.34. The molecule has 0 amide bonds. The lowest BCUT2D eigenvalue weighted by molar-refractivity contribution is -0.174. The van der Waals surface area contributed by atoms with E-state index < -0.39 is 12.8 Å². The molecular weight excluding hydrogens is 247 g/mol. The van der Waals surface area contributed by atoms with Crippen LogP contribution in [0.4, 0.5) is 13.2 Å². The van der Waals surface area contributed by atoms with Crippen molar-refractivity contribution in [2.45, 2.75) is 25.1 Å². The number of ether oxygens (including phenoxy) is 1. The minimum absolute atomic E-state index is 0.0134. The summed E-state index contributed by atoms with van der Waals surface area (Å²) in [5.41, 5.74) is 3.58. The molecule has 18 heavy (non-hydrogen) atoms. The average Bonchev–Trinajstić information content (AvgIpc) is 2.33. The maximum Gasteiger partial charge on any atom is 0.411 e. The number of nitrogens with zero attached hydrogens (tertiary/aromatic N) is 1. The maximum atomic E-state index is 11.8. The molecule has 0 aliphatic carbocycles. The van der Waals surface area contributed by atoms with Gasteiger partial charge >= 0.3 is 6.18 Å². The van der Waals surface area contributed by atoms with Crippen molar-refractivity contribution in [3.05, 3.63) is 30.1 Å². The number of hydrogen-bond acceptors (Lipinski definition) is 4. The Morgan fingerprint density at radius 3 is 2.56 bits per heavy atom. The van der Waals surface area contributed by atoms with E-state index in [1.807, 2.05) is 12.1 Å². The smallest absolute Gasteiger partial charge is 0.372 e. The number of pyridine rings is 1. The van der Waals surface area contributed by atoms with Crippen LogP contribution in [0.2, 0.25) is 0 Å². The first-order chi connectivity index (χ1) is 8.51. The van der Waals surface area contributed by atoms with E-state index in [1.165, 1.54) is 0 Å². The van der Waals surface area contributed by atoms with Gasteiger partial charge in [-0.1, -0.05) is 0 Å². The third-order valence-electron chi connectivity index (χ3n) is 2.34. The number of halogens is 3. The summed E-state index contributed by atoms with van der Waals surface area (Å²) in [5.74, 6) is 5.35. The molecule has 1 heterocycles. The Labute approximate surface area is 103 Å². The molecule has 7 heteroatoms. The fraction of sp³-hybridized carbons (Fsp3) is 0.545. The van der Waals surface area contributed by atoms with Crippen molar-refractivity contribution in [1.29, 1.82) is 0 Å². The number of alkyl halides is 3. The van der Waals surface area contributed by atoms with Gasteiger partial charge in [-0.05, 0) is 30.5 Å². The number of nitrogens with one attached hydrogen (secondary N) is 1. The predicted molar refractivity (Wildman–Crippen MR) is 60.5 cm³/mol. The summed E-state index contributed by atoms with van der Waals surface area (Å²) in [6.07, 6.45) is 0.0617. The average molecular weight is 263 g/mol. The fourth-order valence-corrected chi connectivity index (χ4v) is 1.46. The van der Waals surface area contributed by atoms with Crippen molar-refractivity contribution in [1.82, 2.24) is 10.4 Å². The van der Waals surface area contributed by atoms with Crippen LogP contribution < -0.4 is 11.3 Å². The highest BCUT2D eigenvalue weighted by atomic mass is 19.4. The molecule has 0 saturated carbocycles. The van der Waals surface area contributed by atoms with Gasteiger partial charge in [-0.3, -0.25) is 16.3 Å². The van der Waals surface area contributed by atoms with Crippen molar-refractivity contribution in [2.75, 3.05) is 13.2 Å². The molecule has 0 fully saturated rings. The van der Waals surface area contributed by atoms with E-state index in [1.54, 1.807) is 12.4 Å². The molecule has 0 saturated heterocycles. The molecule has 4 nitrogen and oxygen atoms in total. The molecule has 0 aliphatic rings. The standard InChI is InChI=1S/C11H16F3N3O/c12-11(13,14)8-18-6-3-10(17-15)7-9-1-4-16-5-2-9/h1-2,4-5,10,17H,3,6-8,15H2. The van der Waals surface area contributed by atoms with Crippen molar-refractivity contribution < 1.29 is 17.9 Å². The summed E-state index contributed by atoms with van der Waals surface area (Å²) in [6.45, 7) is -1.21. The van der Waals surface area contributed by atoms with Gasteiger partial charge in [0.05, 0.1) is 0 Å². The fourth-order valence-electron chi connectivity index (χ4n) is 1.46. The van der Waals surface area contributed by atoms with Gasteiger partial charge in [-0.2, -0.15) is 13.2 Å². The number of rotatable bonds is 7. The van der Waals surface area contributed by atoms with Crippen LogP contribution in [0, 0.1) is 0 Å². The summed E-state index contributed by atoms with van der Waals surface area (Å²) >= 11 is 0. The monoisotopic (exact) mass is 263 g/mol. The third kappa shape index (κ3) is 6.53. The Morgan fingerprint density at radius 1 is 1.33 bits per heavy atom. The van der Waals surface area contributed by atoms with Gasteiger partial charge in [0.25, 0.3) is 0 Å². The summed E-state index contributed by atoms with van der Waals surface area (Å²) in [7, 11) is 0. The Balaban J connectivity index is 2.26. The van der Waals surface area contributed by atoms with Crippen molar-refractivity contribution in [3.63, 3.8) is 0 Å². The minimum Gasteiger partial charge on any atom is -0.372 e. The van der Waals surface area contributed by atoms with E-state index in [0.717, 1.165) is 5.56 Å². The quantitative estimate of drug-likeness (QED) is 0.444. The Bertz CT molecular complexity index is 332. The second-order valence-corrected chi connectivity index (χ2v) is 3.88. The molecule has 0 radical (unpaired) electrons. The highest BCUT2D eigenvalue weighted by Gasteiger charge is 2.27. The van der Waals surface area contributed by atoms with Crippen LogP contribution in [0.15, 0.2) is 24.5 Å². The second-order valence-electron chi connectivity index (χ2n) is 3.88. The number of hydrazine groups is 1.